The van der Waals surface area contributed by atoms with E-state index in [9.17, 15) is 18.0 Å². The predicted octanol–water partition coefficient (Wildman–Crippen LogP) is 5.53. The van der Waals surface area contributed by atoms with Gasteiger partial charge < -0.3 is 15.0 Å². The fourth-order valence-electron chi connectivity index (χ4n) is 4.12. The van der Waals surface area contributed by atoms with Gasteiger partial charge in [0.2, 0.25) is 11.8 Å². The number of sulfonamides is 1. The molecular weight excluding hydrogens is 573 g/mol. The van der Waals surface area contributed by atoms with Crippen molar-refractivity contribution >= 4 is 50.7 Å². The molecule has 0 unspecified atom stereocenters. The number of hydrogen-bond donors (Lipinski definition) is 1. The van der Waals surface area contributed by atoms with Crippen molar-refractivity contribution in [3.05, 3.63) is 88.4 Å². The zero-order valence-corrected chi connectivity index (χ0v) is 25.0. The Morgan fingerprint density at radius 2 is 1.65 bits per heavy atom. The summed E-state index contributed by atoms with van der Waals surface area (Å²) in [5.41, 5.74) is 0.842. The van der Waals surface area contributed by atoms with Crippen molar-refractivity contribution in [1.82, 2.24) is 10.2 Å². The van der Waals surface area contributed by atoms with Crippen LogP contribution >= 0.6 is 23.2 Å². The molecule has 3 aromatic rings. The Kier molecular flexibility index (Phi) is 11.2. The van der Waals surface area contributed by atoms with Crippen LogP contribution < -0.4 is 14.4 Å². The first kappa shape index (κ1) is 31.3. The summed E-state index contributed by atoms with van der Waals surface area (Å²) in [7, 11) is -2.65. The van der Waals surface area contributed by atoms with E-state index in [0.717, 1.165) is 10.7 Å². The molecule has 0 heterocycles. The molecule has 1 atom stereocenters. The van der Waals surface area contributed by atoms with Crippen LogP contribution in [0.4, 0.5) is 5.69 Å². The maximum atomic E-state index is 14.0. The summed E-state index contributed by atoms with van der Waals surface area (Å²) in [5, 5.41) is 3.61. The molecule has 0 bridgehead atoms. The molecule has 0 radical (unpaired) electrons. The third kappa shape index (κ3) is 7.68. The predicted molar refractivity (Wildman–Crippen MR) is 158 cm³/mol. The van der Waals surface area contributed by atoms with E-state index in [1.807, 2.05) is 6.92 Å². The van der Waals surface area contributed by atoms with Crippen molar-refractivity contribution in [1.29, 1.82) is 0 Å². The standard InChI is InChI=1S/C29H33Cl2N3O5S/c1-4-17-32-29(36)27(5-2)33(19-21-11-12-22(30)18-26(21)31)28(35)20-34(23-13-15-24(39-3)16-14-23)40(37,38)25-9-7-6-8-10-25/h6-16,18,27H,4-5,17,19-20H2,1-3H3,(H,32,36)/t27-/m1/s1. The van der Waals surface area contributed by atoms with Crippen molar-refractivity contribution in [2.45, 2.75) is 44.2 Å². The van der Waals surface area contributed by atoms with Gasteiger partial charge in [0.15, 0.2) is 0 Å². The molecule has 3 aromatic carbocycles. The van der Waals surface area contributed by atoms with Gasteiger partial charge in [-0.2, -0.15) is 0 Å². The zero-order valence-electron chi connectivity index (χ0n) is 22.6. The smallest absolute Gasteiger partial charge is 0.264 e. The minimum atomic E-state index is -4.15. The molecule has 11 heteroatoms. The molecule has 0 saturated heterocycles. The average Bonchev–Trinajstić information content (AvgIpc) is 2.96. The van der Waals surface area contributed by atoms with Crippen LogP contribution in [0.15, 0.2) is 77.7 Å². The number of anilines is 1. The number of methoxy groups -OCH3 is 1. The lowest BCUT2D eigenvalue weighted by Gasteiger charge is -2.33. The topological polar surface area (TPSA) is 96.0 Å². The van der Waals surface area contributed by atoms with Crippen LogP contribution in [0.1, 0.15) is 32.3 Å². The van der Waals surface area contributed by atoms with Crippen LogP contribution in [0, 0.1) is 0 Å². The van der Waals surface area contributed by atoms with Crippen molar-refractivity contribution in [3.63, 3.8) is 0 Å². The summed E-state index contributed by atoms with van der Waals surface area (Å²) in [6.45, 7) is 3.60. The number of ether oxygens (including phenoxy) is 1. The van der Waals surface area contributed by atoms with Gasteiger partial charge in [0, 0.05) is 23.1 Å². The van der Waals surface area contributed by atoms with Gasteiger partial charge in [-0.25, -0.2) is 8.42 Å². The highest BCUT2D eigenvalue weighted by Gasteiger charge is 2.33. The molecule has 0 saturated carbocycles. The molecule has 0 fully saturated rings. The van der Waals surface area contributed by atoms with E-state index in [4.69, 9.17) is 27.9 Å². The van der Waals surface area contributed by atoms with E-state index in [0.29, 0.717) is 34.3 Å². The van der Waals surface area contributed by atoms with E-state index in [1.165, 1.54) is 24.1 Å². The molecule has 2 amide bonds. The fraction of sp³-hybridized carbons (Fsp3) is 0.310. The number of hydrogen-bond acceptors (Lipinski definition) is 5. The lowest BCUT2D eigenvalue weighted by Crippen LogP contribution is -2.52. The molecule has 214 valence electrons. The van der Waals surface area contributed by atoms with Crippen molar-refractivity contribution in [2.75, 3.05) is 24.5 Å². The second-order valence-corrected chi connectivity index (χ2v) is 11.7. The number of carbonyl (C=O) groups is 2. The molecule has 1 N–H and O–H groups in total. The van der Waals surface area contributed by atoms with Gasteiger partial charge in [-0.3, -0.25) is 13.9 Å². The normalized spacial score (nSPS) is 11.9. The van der Waals surface area contributed by atoms with Gasteiger partial charge in [-0.15, -0.1) is 0 Å². The summed E-state index contributed by atoms with van der Waals surface area (Å²) in [6.07, 6.45) is 1.03. The third-order valence-electron chi connectivity index (χ3n) is 6.26. The monoisotopic (exact) mass is 605 g/mol. The van der Waals surface area contributed by atoms with E-state index in [1.54, 1.807) is 67.6 Å². The minimum absolute atomic E-state index is 0.0191. The van der Waals surface area contributed by atoms with E-state index in [-0.39, 0.29) is 23.0 Å². The summed E-state index contributed by atoms with van der Waals surface area (Å²) >= 11 is 12.5. The Hall–Kier alpha value is -3.27. The van der Waals surface area contributed by atoms with E-state index >= 15 is 0 Å². The number of halogens is 2. The highest BCUT2D eigenvalue weighted by atomic mass is 35.5. The summed E-state index contributed by atoms with van der Waals surface area (Å²) < 4.78 is 33.9. The first-order valence-electron chi connectivity index (χ1n) is 12.8. The summed E-state index contributed by atoms with van der Waals surface area (Å²) in [5.74, 6) is -0.366. The SMILES string of the molecule is CCCNC(=O)[C@@H](CC)N(Cc1ccc(Cl)cc1Cl)C(=O)CN(c1ccc(OC)cc1)S(=O)(=O)c1ccccc1. The number of carbonyl (C=O) groups excluding carboxylic acids is 2. The Bertz CT molecular complexity index is 1400. The molecule has 8 nitrogen and oxygen atoms in total. The number of benzene rings is 3. The maximum Gasteiger partial charge on any atom is 0.264 e. The van der Waals surface area contributed by atoms with Gasteiger partial charge >= 0.3 is 0 Å². The van der Waals surface area contributed by atoms with Crippen LogP contribution in [0.25, 0.3) is 0 Å². The third-order valence-corrected chi connectivity index (χ3v) is 8.64. The maximum absolute atomic E-state index is 14.0. The summed E-state index contributed by atoms with van der Waals surface area (Å²) in [6, 6.07) is 18.3. The number of nitrogens with one attached hydrogen (secondary N) is 1. The molecular formula is C29H33Cl2N3O5S. The van der Waals surface area contributed by atoms with Gasteiger partial charge in [-0.05, 0) is 66.9 Å². The molecule has 0 aliphatic carbocycles. The van der Waals surface area contributed by atoms with Gasteiger partial charge in [0.25, 0.3) is 10.0 Å². The Morgan fingerprint density at radius 3 is 2.23 bits per heavy atom. The number of amides is 2. The average molecular weight is 607 g/mol. The first-order chi connectivity index (χ1) is 19.1. The van der Waals surface area contributed by atoms with Gasteiger partial charge in [-0.1, -0.05) is 61.3 Å². The summed E-state index contributed by atoms with van der Waals surface area (Å²) in [4.78, 5) is 28.6. The second-order valence-electron chi connectivity index (χ2n) is 9.00. The molecule has 0 aliphatic heterocycles. The lowest BCUT2D eigenvalue weighted by molar-refractivity contribution is -0.140. The molecule has 40 heavy (non-hydrogen) atoms. The quantitative estimate of drug-likeness (QED) is 0.276. The number of nitrogens with zero attached hydrogens (tertiary/aromatic N) is 2. The van der Waals surface area contributed by atoms with Crippen LogP contribution in [0.5, 0.6) is 5.75 Å². The van der Waals surface area contributed by atoms with Crippen LogP contribution in [0.3, 0.4) is 0 Å². The molecule has 3 rings (SSSR count). The van der Waals surface area contributed by atoms with Crippen molar-refractivity contribution in [2.24, 2.45) is 0 Å². The highest BCUT2D eigenvalue weighted by molar-refractivity contribution is 7.92. The van der Waals surface area contributed by atoms with Crippen molar-refractivity contribution < 1.29 is 22.7 Å². The lowest BCUT2D eigenvalue weighted by atomic mass is 10.1. The van der Waals surface area contributed by atoms with Crippen LogP contribution in [-0.2, 0) is 26.2 Å². The first-order valence-corrected chi connectivity index (χ1v) is 15.0. The Labute approximate surface area is 245 Å². The van der Waals surface area contributed by atoms with Gasteiger partial charge in [0.05, 0.1) is 17.7 Å². The Morgan fingerprint density at radius 1 is 0.975 bits per heavy atom. The largest absolute Gasteiger partial charge is 0.497 e. The number of rotatable bonds is 13. The van der Waals surface area contributed by atoms with E-state index in [2.05, 4.69) is 5.32 Å². The molecule has 0 spiro atoms. The zero-order chi connectivity index (χ0) is 29.3. The minimum Gasteiger partial charge on any atom is -0.497 e. The highest BCUT2D eigenvalue weighted by Crippen LogP contribution is 2.28. The molecule has 0 aliphatic rings. The Balaban J connectivity index is 2.06. The van der Waals surface area contributed by atoms with Crippen molar-refractivity contribution in [3.8, 4) is 5.75 Å². The van der Waals surface area contributed by atoms with E-state index < -0.39 is 28.5 Å². The second kappa shape index (κ2) is 14.4. The molecule has 0 aromatic heterocycles. The van der Waals surface area contributed by atoms with Crippen LogP contribution in [-0.4, -0.2) is 51.4 Å². The fourth-order valence-corrected chi connectivity index (χ4v) is 6.02. The van der Waals surface area contributed by atoms with Crippen LogP contribution in [0.2, 0.25) is 10.0 Å². The van der Waals surface area contributed by atoms with Gasteiger partial charge in [0.1, 0.15) is 18.3 Å².